The lowest BCUT2D eigenvalue weighted by atomic mass is 9.84. The summed E-state index contributed by atoms with van der Waals surface area (Å²) >= 11 is 0. The van der Waals surface area contributed by atoms with Gasteiger partial charge in [0, 0.05) is 59.3 Å². The number of rotatable bonds is 20. The molecule has 216 valence electrons. The summed E-state index contributed by atoms with van der Waals surface area (Å²) in [5.41, 5.74) is 0. The first-order valence-electron chi connectivity index (χ1n) is 13.3. The molecule has 0 N–H and O–H groups in total. The largest absolute Gasteiger partial charge is 0.462 e. The molecular formula is C28H51NO8. The highest BCUT2D eigenvalue weighted by atomic mass is 16.6. The molecule has 0 rings (SSSR count). The van der Waals surface area contributed by atoms with E-state index >= 15 is 0 Å². The fourth-order valence-corrected chi connectivity index (χ4v) is 4.31. The number of hydrogen-bond donors (Lipinski definition) is 0. The summed E-state index contributed by atoms with van der Waals surface area (Å²) in [5.74, 6) is -0.679. The normalized spacial score (nSPS) is 18.2. The fraction of sp³-hybridized carbons (Fsp3) is 0.821. The molecule has 8 unspecified atom stereocenters. The Balaban J connectivity index is 5.59. The minimum Gasteiger partial charge on any atom is -0.462 e. The number of nitrogens with zero attached hydrogens (tertiary/aromatic N) is 1. The Morgan fingerprint density at radius 2 is 1.54 bits per heavy atom. The van der Waals surface area contributed by atoms with Crippen LogP contribution in [-0.2, 0) is 38.1 Å². The van der Waals surface area contributed by atoms with Gasteiger partial charge in [0.1, 0.15) is 12.2 Å². The Hall–Kier alpha value is -1.97. The molecule has 9 heteroatoms. The molecular weight excluding hydrogens is 478 g/mol. The van der Waals surface area contributed by atoms with E-state index in [1.165, 1.54) is 12.0 Å². The van der Waals surface area contributed by atoms with Crippen LogP contribution in [0.5, 0.6) is 0 Å². The number of methoxy groups -OCH3 is 3. The van der Waals surface area contributed by atoms with E-state index in [9.17, 15) is 14.4 Å². The monoisotopic (exact) mass is 529 g/mol. The molecule has 8 atom stereocenters. The molecule has 0 aromatic rings. The van der Waals surface area contributed by atoms with Crippen LogP contribution in [-0.4, -0.2) is 82.1 Å². The Morgan fingerprint density at radius 3 is 2.03 bits per heavy atom. The SMILES string of the molecule is CCC(=O)OC(CC)CC(OC)C(C)CCC(OC(=O)C(C)OC)C(C)C(OC)C(C)C=CN(C)C=O. The van der Waals surface area contributed by atoms with Crippen LogP contribution in [0.1, 0.15) is 73.6 Å². The minimum absolute atomic E-state index is 0.0360. The molecule has 0 aliphatic heterocycles. The third-order valence-corrected chi connectivity index (χ3v) is 7.02. The second-order valence-corrected chi connectivity index (χ2v) is 9.82. The third-order valence-electron chi connectivity index (χ3n) is 7.02. The Morgan fingerprint density at radius 1 is 0.892 bits per heavy atom. The fourth-order valence-electron chi connectivity index (χ4n) is 4.31. The lowest BCUT2D eigenvalue weighted by Gasteiger charge is -2.34. The minimum atomic E-state index is -0.683. The maximum absolute atomic E-state index is 12.7. The summed E-state index contributed by atoms with van der Waals surface area (Å²) in [6.45, 7) is 11.5. The molecule has 37 heavy (non-hydrogen) atoms. The highest BCUT2D eigenvalue weighted by Gasteiger charge is 2.34. The first kappa shape index (κ1) is 35.0. The quantitative estimate of drug-likeness (QED) is 0.169. The maximum Gasteiger partial charge on any atom is 0.335 e. The first-order chi connectivity index (χ1) is 17.5. The van der Waals surface area contributed by atoms with Crippen LogP contribution >= 0.6 is 0 Å². The second-order valence-electron chi connectivity index (χ2n) is 9.82. The van der Waals surface area contributed by atoms with Crippen molar-refractivity contribution in [1.82, 2.24) is 4.90 Å². The van der Waals surface area contributed by atoms with Gasteiger partial charge in [0.25, 0.3) is 0 Å². The van der Waals surface area contributed by atoms with Gasteiger partial charge >= 0.3 is 11.9 Å². The first-order valence-corrected chi connectivity index (χ1v) is 13.3. The van der Waals surface area contributed by atoms with Gasteiger partial charge in [0.05, 0.1) is 12.2 Å². The zero-order valence-electron chi connectivity index (χ0n) is 24.6. The topological polar surface area (TPSA) is 101 Å². The smallest absolute Gasteiger partial charge is 0.335 e. The molecule has 0 heterocycles. The van der Waals surface area contributed by atoms with Crippen LogP contribution in [0.15, 0.2) is 12.3 Å². The average Bonchev–Trinajstić information content (AvgIpc) is 2.90. The molecule has 0 aliphatic carbocycles. The number of carbonyl (C=O) groups is 3. The predicted octanol–water partition coefficient (Wildman–Crippen LogP) is 4.38. The summed E-state index contributed by atoms with van der Waals surface area (Å²) in [6.07, 6.45) is 5.65. The molecule has 0 aromatic heterocycles. The molecule has 0 saturated carbocycles. The number of amides is 1. The summed E-state index contributed by atoms with van der Waals surface area (Å²) < 4.78 is 28.3. The second kappa shape index (κ2) is 19.2. The van der Waals surface area contributed by atoms with Crippen LogP contribution in [0.4, 0.5) is 0 Å². The van der Waals surface area contributed by atoms with Gasteiger partial charge in [-0.2, -0.15) is 0 Å². The molecule has 0 bridgehead atoms. The molecule has 0 aliphatic rings. The number of ether oxygens (including phenoxy) is 5. The molecule has 9 nitrogen and oxygen atoms in total. The van der Waals surface area contributed by atoms with Crippen molar-refractivity contribution < 1.29 is 38.1 Å². The van der Waals surface area contributed by atoms with Crippen molar-refractivity contribution in [3.8, 4) is 0 Å². The van der Waals surface area contributed by atoms with E-state index in [-0.39, 0.29) is 42.0 Å². The standard InChI is InChI=1S/C28H51NO8/c1-11-23(36-26(31)12-2)17-25(34-9)19(3)13-14-24(37-28(32)22(6)33-8)21(5)27(35-10)20(4)15-16-29(7)18-30/h15-16,18-25,27H,11-14,17H2,1-10H3. The third kappa shape index (κ3) is 12.9. The van der Waals surface area contributed by atoms with Crippen molar-refractivity contribution in [3.63, 3.8) is 0 Å². The highest BCUT2D eigenvalue weighted by molar-refractivity contribution is 5.74. The van der Waals surface area contributed by atoms with E-state index in [0.29, 0.717) is 25.7 Å². The molecule has 0 radical (unpaired) electrons. The van der Waals surface area contributed by atoms with Crippen LogP contribution in [0.25, 0.3) is 0 Å². The number of carbonyl (C=O) groups excluding carboxylic acids is 3. The summed E-state index contributed by atoms with van der Waals surface area (Å²) in [5, 5.41) is 0. The van der Waals surface area contributed by atoms with Gasteiger partial charge in [-0.15, -0.1) is 0 Å². The van der Waals surface area contributed by atoms with E-state index in [1.54, 1.807) is 41.3 Å². The lowest BCUT2D eigenvalue weighted by molar-refractivity contribution is -0.166. The van der Waals surface area contributed by atoms with Crippen molar-refractivity contribution in [1.29, 1.82) is 0 Å². The summed E-state index contributed by atoms with van der Waals surface area (Å²) in [7, 11) is 6.44. The van der Waals surface area contributed by atoms with Crippen LogP contribution in [0, 0.1) is 17.8 Å². The zero-order valence-corrected chi connectivity index (χ0v) is 24.6. The molecule has 0 aromatic carbocycles. The highest BCUT2D eigenvalue weighted by Crippen LogP contribution is 2.29. The van der Waals surface area contributed by atoms with E-state index in [0.717, 1.165) is 12.8 Å². The lowest BCUT2D eigenvalue weighted by Crippen LogP contribution is -2.40. The van der Waals surface area contributed by atoms with Crippen molar-refractivity contribution in [2.45, 2.75) is 104 Å². The van der Waals surface area contributed by atoms with Gasteiger partial charge < -0.3 is 28.6 Å². The van der Waals surface area contributed by atoms with Gasteiger partial charge in [-0.3, -0.25) is 9.59 Å². The molecule has 1 amide bonds. The van der Waals surface area contributed by atoms with Crippen molar-refractivity contribution in [2.24, 2.45) is 17.8 Å². The van der Waals surface area contributed by atoms with Crippen LogP contribution < -0.4 is 0 Å². The Labute approximate surface area is 224 Å². The van der Waals surface area contributed by atoms with E-state index in [4.69, 9.17) is 23.7 Å². The summed E-state index contributed by atoms with van der Waals surface area (Å²) in [6, 6.07) is 0. The van der Waals surface area contributed by atoms with Gasteiger partial charge in [0.2, 0.25) is 6.41 Å². The number of hydrogen-bond acceptors (Lipinski definition) is 8. The van der Waals surface area contributed by atoms with Gasteiger partial charge in [-0.25, -0.2) is 4.79 Å². The van der Waals surface area contributed by atoms with Crippen molar-refractivity contribution >= 4 is 18.3 Å². The average molecular weight is 530 g/mol. The van der Waals surface area contributed by atoms with Crippen LogP contribution in [0.2, 0.25) is 0 Å². The van der Waals surface area contributed by atoms with Crippen molar-refractivity contribution in [2.75, 3.05) is 28.4 Å². The maximum atomic E-state index is 12.7. The van der Waals surface area contributed by atoms with E-state index in [2.05, 4.69) is 6.92 Å². The van der Waals surface area contributed by atoms with Crippen molar-refractivity contribution in [3.05, 3.63) is 12.3 Å². The Bertz CT molecular complexity index is 685. The van der Waals surface area contributed by atoms with Crippen LogP contribution in [0.3, 0.4) is 0 Å². The van der Waals surface area contributed by atoms with E-state index < -0.39 is 18.2 Å². The van der Waals surface area contributed by atoms with E-state index in [1.807, 2.05) is 26.8 Å². The predicted molar refractivity (Wildman–Crippen MR) is 143 cm³/mol. The summed E-state index contributed by atoms with van der Waals surface area (Å²) in [4.78, 5) is 36.8. The molecule has 0 saturated heterocycles. The molecule has 0 fully saturated rings. The van der Waals surface area contributed by atoms with Gasteiger partial charge in [-0.05, 0) is 32.1 Å². The Kier molecular flexibility index (Phi) is 18.1. The zero-order chi connectivity index (χ0) is 28.5. The van der Waals surface area contributed by atoms with Gasteiger partial charge in [0.15, 0.2) is 6.10 Å². The van der Waals surface area contributed by atoms with Gasteiger partial charge in [-0.1, -0.05) is 40.7 Å². The molecule has 0 spiro atoms. The number of esters is 2.